The molecular weight excluding hydrogens is 280 g/mol. The molecule has 0 radical (unpaired) electrons. The van der Waals surface area contributed by atoms with Crippen LogP contribution in [0.3, 0.4) is 0 Å². The van der Waals surface area contributed by atoms with E-state index in [1.165, 1.54) is 12.1 Å². The highest BCUT2D eigenvalue weighted by Gasteiger charge is 2.10. The van der Waals surface area contributed by atoms with Crippen LogP contribution in [0.15, 0.2) is 18.2 Å². The molecule has 0 saturated heterocycles. The highest BCUT2D eigenvalue weighted by molar-refractivity contribution is 9.09. The number of hydrogen-bond acceptors (Lipinski definition) is 1. The fourth-order valence-corrected chi connectivity index (χ4v) is 1.91. The van der Waals surface area contributed by atoms with Crippen molar-refractivity contribution in [2.75, 3.05) is 12.4 Å². The van der Waals surface area contributed by atoms with Crippen molar-refractivity contribution in [2.45, 2.75) is 19.5 Å². The van der Waals surface area contributed by atoms with Gasteiger partial charge in [0.1, 0.15) is 5.82 Å². The van der Waals surface area contributed by atoms with E-state index >= 15 is 0 Å². The Labute approximate surface area is 103 Å². The minimum absolute atomic E-state index is 0.292. The molecule has 1 aromatic carbocycles. The van der Waals surface area contributed by atoms with Crippen LogP contribution in [0, 0.1) is 5.82 Å². The van der Waals surface area contributed by atoms with Gasteiger partial charge in [-0.1, -0.05) is 33.6 Å². The quantitative estimate of drug-likeness (QED) is 0.766. The molecule has 0 bridgehead atoms. The molecule has 4 heteroatoms. The summed E-state index contributed by atoms with van der Waals surface area (Å²) in [6, 6.07) is 4.94. The van der Waals surface area contributed by atoms with E-state index < -0.39 is 0 Å². The Morgan fingerprint density at radius 2 is 2.20 bits per heavy atom. The number of benzene rings is 1. The van der Waals surface area contributed by atoms with Crippen LogP contribution in [0.5, 0.6) is 0 Å². The monoisotopic (exact) mass is 293 g/mol. The molecule has 0 aliphatic rings. The number of hydrogen-bond donors (Lipinski definition) is 0. The Hall–Kier alpha value is -0.120. The molecule has 0 fully saturated rings. The Balaban J connectivity index is 2.72. The Morgan fingerprint density at radius 1 is 1.53 bits per heavy atom. The predicted molar refractivity (Wildman–Crippen MR) is 66.1 cm³/mol. The van der Waals surface area contributed by atoms with Crippen LogP contribution < -0.4 is 0 Å². The molecule has 1 nitrogen and oxygen atoms in total. The summed E-state index contributed by atoms with van der Waals surface area (Å²) >= 11 is 9.37. The smallest absolute Gasteiger partial charge is 0.124 e. The number of alkyl halides is 1. The highest BCUT2D eigenvalue weighted by atomic mass is 79.9. The van der Waals surface area contributed by atoms with Gasteiger partial charge in [0.05, 0.1) is 0 Å². The lowest BCUT2D eigenvalue weighted by Gasteiger charge is -2.23. The van der Waals surface area contributed by atoms with Gasteiger partial charge in [-0.2, -0.15) is 0 Å². The minimum Gasteiger partial charge on any atom is -0.299 e. The summed E-state index contributed by atoms with van der Waals surface area (Å²) in [5.41, 5.74) is 0.952. The van der Waals surface area contributed by atoms with E-state index in [4.69, 9.17) is 11.6 Å². The summed E-state index contributed by atoms with van der Waals surface area (Å²) in [7, 11) is 2.02. The van der Waals surface area contributed by atoms with E-state index in [1.807, 2.05) is 7.05 Å². The van der Waals surface area contributed by atoms with Crippen LogP contribution in [-0.4, -0.2) is 23.3 Å². The molecule has 0 heterocycles. The maximum Gasteiger partial charge on any atom is 0.124 e. The van der Waals surface area contributed by atoms with Gasteiger partial charge in [0.15, 0.2) is 0 Å². The lowest BCUT2D eigenvalue weighted by molar-refractivity contribution is 0.270. The highest BCUT2D eigenvalue weighted by Crippen LogP contribution is 2.19. The van der Waals surface area contributed by atoms with Gasteiger partial charge in [0, 0.05) is 22.9 Å². The lowest BCUT2D eigenvalue weighted by atomic mass is 10.2. The molecular formula is C11H14BrClFN. The molecule has 1 unspecified atom stereocenters. The molecule has 84 valence electrons. The molecule has 1 aromatic rings. The van der Waals surface area contributed by atoms with Crippen LogP contribution >= 0.6 is 27.5 Å². The predicted octanol–water partition coefficient (Wildman–Crippen LogP) is 3.69. The summed E-state index contributed by atoms with van der Waals surface area (Å²) in [5, 5.41) is 1.39. The van der Waals surface area contributed by atoms with Gasteiger partial charge >= 0.3 is 0 Å². The number of rotatable bonds is 4. The van der Waals surface area contributed by atoms with E-state index in [0.29, 0.717) is 11.1 Å². The van der Waals surface area contributed by atoms with E-state index in [0.717, 1.165) is 17.4 Å². The van der Waals surface area contributed by atoms with Gasteiger partial charge in [0.25, 0.3) is 0 Å². The Kier molecular flexibility index (Phi) is 5.03. The first-order valence-electron chi connectivity index (χ1n) is 4.74. The van der Waals surface area contributed by atoms with Crippen molar-refractivity contribution in [3.63, 3.8) is 0 Å². The van der Waals surface area contributed by atoms with E-state index in [-0.39, 0.29) is 5.82 Å². The minimum atomic E-state index is -0.292. The standard InChI is InChI=1S/C11H14BrClFN/c1-8(6-12)15(2)7-9-3-4-10(14)5-11(9)13/h3-5,8H,6-7H2,1-2H3. The molecule has 1 rings (SSSR count). The van der Waals surface area contributed by atoms with Gasteiger partial charge in [-0.3, -0.25) is 4.90 Å². The maximum atomic E-state index is 12.8. The van der Waals surface area contributed by atoms with Gasteiger partial charge < -0.3 is 0 Å². The summed E-state index contributed by atoms with van der Waals surface area (Å²) in [6.45, 7) is 2.85. The van der Waals surface area contributed by atoms with E-state index in [9.17, 15) is 4.39 Å². The average Bonchev–Trinajstić information content (AvgIpc) is 2.20. The first kappa shape index (κ1) is 12.9. The first-order valence-corrected chi connectivity index (χ1v) is 6.24. The SMILES string of the molecule is CC(CBr)N(C)Cc1ccc(F)cc1Cl. The summed E-state index contributed by atoms with van der Waals surface area (Å²) in [4.78, 5) is 2.16. The third-order valence-corrected chi connectivity index (χ3v) is 3.70. The normalized spacial score (nSPS) is 13.2. The third kappa shape index (κ3) is 3.74. The zero-order chi connectivity index (χ0) is 11.4. The number of nitrogens with zero attached hydrogens (tertiary/aromatic N) is 1. The Morgan fingerprint density at radius 3 is 2.73 bits per heavy atom. The molecule has 0 saturated carbocycles. The summed E-state index contributed by atoms with van der Waals surface area (Å²) in [5.74, 6) is -0.292. The van der Waals surface area contributed by atoms with Gasteiger partial charge in [-0.05, 0) is 31.7 Å². The van der Waals surface area contributed by atoms with Crippen molar-refractivity contribution >= 4 is 27.5 Å². The molecule has 0 N–H and O–H groups in total. The molecule has 15 heavy (non-hydrogen) atoms. The van der Waals surface area contributed by atoms with Crippen molar-refractivity contribution < 1.29 is 4.39 Å². The molecule has 0 spiro atoms. The van der Waals surface area contributed by atoms with E-state index in [1.54, 1.807) is 6.07 Å². The second-order valence-corrected chi connectivity index (χ2v) is 4.71. The zero-order valence-electron chi connectivity index (χ0n) is 8.80. The van der Waals surface area contributed by atoms with Gasteiger partial charge in [0.2, 0.25) is 0 Å². The maximum absolute atomic E-state index is 12.8. The second kappa shape index (κ2) is 5.83. The Bertz CT molecular complexity index is 332. The number of halogens is 3. The molecule has 0 amide bonds. The van der Waals surface area contributed by atoms with Crippen molar-refractivity contribution in [1.82, 2.24) is 4.90 Å². The van der Waals surface area contributed by atoms with Crippen LogP contribution in [0.1, 0.15) is 12.5 Å². The van der Waals surface area contributed by atoms with Crippen LogP contribution in [0.4, 0.5) is 4.39 Å². The molecule has 0 aromatic heterocycles. The van der Waals surface area contributed by atoms with Crippen molar-refractivity contribution in [2.24, 2.45) is 0 Å². The summed E-state index contributed by atoms with van der Waals surface area (Å²) < 4.78 is 12.8. The fraction of sp³-hybridized carbons (Fsp3) is 0.455. The van der Waals surface area contributed by atoms with Crippen molar-refractivity contribution in [3.8, 4) is 0 Å². The molecule has 1 atom stereocenters. The van der Waals surface area contributed by atoms with Crippen molar-refractivity contribution in [3.05, 3.63) is 34.6 Å². The third-order valence-electron chi connectivity index (χ3n) is 2.41. The second-order valence-electron chi connectivity index (χ2n) is 3.65. The van der Waals surface area contributed by atoms with Gasteiger partial charge in [-0.15, -0.1) is 0 Å². The largest absolute Gasteiger partial charge is 0.299 e. The van der Waals surface area contributed by atoms with Crippen LogP contribution in [0.25, 0.3) is 0 Å². The van der Waals surface area contributed by atoms with Crippen LogP contribution in [0.2, 0.25) is 5.02 Å². The lowest BCUT2D eigenvalue weighted by Crippen LogP contribution is -2.29. The summed E-state index contributed by atoms with van der Waals surface area (Å²) in [6.07, 6.45) is 0. The first-order chi connectivity index (χ1) is 7.04. The zero-order valence-corrected chi connectivity index (χ0v) is 11.1. The van der Waals surface area contributed by atoms with Gasteiger partial charge in [-0.25, -0.2) is 4.39 Å². The van der Waals surface area contributed by atoms with Crippen molar-refractivity contribution in [1.29, 1.82) is 0 Å². The molecule has 0 aliphatic carbocycles. The average molecular weight is 295 g/mol. The van der Waals surface area contributed by atoms with E-state index in [2.05, 4.69) is 27.8 Å². The topological polar surface area (TPSA) is 3.24 Å². The molecule has 0 aliphatic heterocycles. The van der Waals surface area contributed by atoms with Crippen LogP contribution in [-0.2, 0) is 6.54 Å². The fourth-order valence-electron chi connectivity index (χ4n) is 1.19.